The normalized spacial score (nSPS) is 36.6. The number of allylic oxidation sites excluding steroid dienone is 6. The van der Waals surface area contributed by atoms with Crippen LogP contribution in [0.3, 0.4) is 0 Å². The van der Waals surface area contributed by atoms with Crippen LogP contribution in [0.5, 0.6) is 0 Å². The number of carbonyl (C=O) groups excluding carboxylic acids is 7. The van der Waals surface area contributed by atoms with Gasteiger partial charge in [0.25, 0.3) is 11.7 Å². The Kier molecular flexibility index (Phi) is 26.3. The number of carbonyl (C=O) groups is 7. The minimum Gasteiger partial charge on any atom is -0.464 e. The van der Waals surface area contributed by atoms with Crippen LogP contribution in [0.1, 0.15) is 132 Å². The Balaban J connectivity index is 1.68. The second kappa shape index (κ2) is 30.8. The molecule has 4 rings (SSSR count). The first-order valence-corrected chi connectivity index (χ1v) is 28.9. The van der Waals surface area contributed by atoms with Crippen molar-refractivity contribution in [2.75, 3.05) is 45.5 Å². The smallest absolute Gasteiger partial charge is 0.329 e. The van der Waals surface area contributed by atoms with Crippen LogP contribution >= 0.6 is 22.6 Å². The number of hydrogen-bond donors (Lipinski definition) is 3. The van der Waals surface area contributed by atoms with E-state index >= 15 is 0 Å². The van der Waals surface area contributed by atoms with Crippen molar-refractivity contribution in [3.8, 4) is 0 Å². The van der Waals surface area contributed by atoms with Crippen LogP contribution in [0.15, 0.2) is 47.6 Å². The number of halogens is 1. The van der Waals surface area contributed by atoms with Gasteiger partial charge in [0.1, 0.15) is 48.3 Å². The number of hydrogen-bond acceptors (Lipinski definition) is 17. The topological polar surface area (TPSA) is 248 Å². The molecule has 0 aromatic carbocycles. The van der Waals surface area contributed by atoms with Gasteiger partial charge in [-0.3, -0.25) is 28.8 Å². The van der Waals surface area contributed by atoms with Crippen molar-refractivity contribution in [2.24, 2.45) is 40.9 Å². The summed E-state index contributed by atoms with van der Waals surface area (Å²) in [6.07, 6.45) is 9.48. The van der Waals surface area contributed by atoms with E-state index in [2.05, 4.69) is 0 Å². The van der Waals surface area contributed by atoms with Gasteiger partial charge in [-0.05, 0) is 114 Å². The summed E-state index contributed by atoms with van der Waals surface area (Å²) in [5.41, 5.74) is -0.301. The van der Waals surface area contributed by atoms with E-state index in [1.807, 2.05) is 73.7 Å². The molecule has 0 radical (unpaired) electrons. The minimum atomic E-state index is -2.48. The second-order valence-electron chi connectivity index (χ2n) is 22.5. The molecule has 1 unspecified atom stereocenters. The first kappa shape index (κ1) is 65.8. The summed E-state index contributed by atoms with van der Waals surface area (Å²) in [6, 6.07) is -1.21. The number of piperidine rings is 1. The zero-order valence-corrected chi connectivity index (χ0v) is 49.4. The maximum Gasteiger partial charge on any atom is 0.329 e. The van der Waals surface area contributed by atoms with Gasteiger partial charge in [0.2, 0.25) is 5.79 Å². The first-order chi connectivity index (χ1) is 36.4. The fourth-order valence-electron chi connectivity index (χ4n) is 11.0. The molecule has 3 heterocycles. The van der Waals surface area contributed by atoms with Gasteiger partial charge in [0, 0.05) is 58.5 Å². The minimum absolute atomic E-state index is 0.0133. The molecule has 1 amide bonds. The average Bonchev–Trinajstić information content (AvgIpc) is 3.41. The van der Waals surface area contributed by atoms with Gasteiger partial charge >= 0.3 is 17.9 Å². The molecule has 18 nitrogen and oxygen atoms in total. The summed E-state index contributed by atoms with van der Waals surface area (Å²) in [6.45, 7) is 13.0. The lowest BCUT2D eigenvalue weighted by atomic mass is 9.78. The van der Waals surface area contributed by atoms with Crippen LogP contribution in [0.25, 0.3) is 0 Å². The Morgan fingerprint density at radius 3 is 2.26 bits per heavy atom. The van der Waals surface area contributed by atoms with Crippen molar-refractivity contribution in [2.45, 2.75) is 187 Å². The number of rotatable bonds is 12. The number of cyclic esters (lactones) is 1. The third-order valence-electron chi connectivity index (χ3n) is 16.2. The largest absolute Gasteiger partial charge is 0.464 e. The highest BCUT2D eigenvalue weighted by molar-refractivity contribution is 14.1. The Morgan fingerprint density at radius 2 is 1.61 bits per heavy atom. The Labute approximate surface area is 469 Å². The highest BCUT2D eigenvalue weighted by atomic mass is 127. The Hall–Kier alpha value is -3.70. The van der Waals surface area contributed by atoms with Crippen LogP contribution in [0.4, 0.5) is 0 Å². The number of alkyl halides is 1. The quantitative estimate of drug-likeness (QED) is 0.0459. The SMILES string of the molecule is CO[C@H]1C[C@@H]2CC[C@@H](C)[C@@](O)(O2)C(=O)C(=O)N2CCCC[C@H]2C(=O)O[C@H]([C@H](C)C[C@@H]2CC[C@@H](OC(=O)C(C)(CO)COC(=O)CI)[C@H](OC)C2)CC(=O)[C@H](C)/C=C(\C)[C@@H](O)[C@@H](OC)C(=O)[C@H](C)C[C@H](C)\C=C/C=C/C=C/1C. The highest BCUT2D eigenvalue weighted by Crippen LogP contribution is 2.39. The number of ketones is 3. The fourth-order valence-corrected chi connectivity index (χ4v) is 11.2. The lowest BCUT2D eigenvalue weighted by molar-refractivity contribution is -0.265. The number of Topliss-reactive ketones (excluding diaryl/α,β-unsaturated/α-hetero) is 3. The van der Waals surface area contributed by atoms with E-state index < -0.39 is 120 Å². The summed E-state index contributed by atoms with van der Waals surface area (Å²) >= 11 is 1.84. The summed E-state index contributed by atoms with van der Waals surface area (Å²) in [7, 11) is 4.42. The van der Waals surface area contributed by atoms with E-state index in [0.29, 0.717) is 63.4 Å². The molecule has 0 aromatic rings. The lowest BCUT2D eigenvalue weighted by Gasteiger charge is -2.42. The summed E-state index contributed by atoms with van der Waals surface area (Å²) < 4.78 is 40.9. The number of methoxy groups -OCH3 is 3. The zero-order valence-electron chi connectivity index (χ0n) is 47.2. The van der Waals surface area contributed by atoms with Crippen LogP contribution < -0.4 is 0 Å². The van der Waals surface area contributed by atoms with Gasteiger partial charge in [0.05, 0.1) is 29.3 Å². The number of fused-ring (bicyclic) bond motifs is 3. The number of esters is 3. The number of amides is 1. The third kappa shape index (κ3) is 17.9. The maximum absolute atomic E-state index is 14.6. The van der Waals surface area contributed by atoms with Crippen LogP contribution in [-0.2, 0) is 66.7 Å². The maximum atomic E-state index is 14.6. The molecule has 4 aliphatic rings. The van der Waals surface area contributed by atoms with Crippen molar-refractivity contribution in [3.63, 3.8) is 0 Å². The highest BCUT2D eigenvalue weighted by Gasteiger charge is 2.53. The van der Waals surface area contributed by atoms with Gasteiger partial charge in [-0.25, -0.2) is 4.79 Å². The number of aliphatic hydroxyl groups is 3. The molecule has 3 aliphatic heterocycles. The molecule has 0 aromatic heterocycles. The van der Waals surface area contributed by atoms with Gasteiger partial charge < -0.3 is 53.4 Å². The molecule has 0 spiro atoms. The Bertz CT molecular complexity index is 2160. The molecule has 2 bridgehead atoms. The standard InChI is InChI=1S/C58H88INO17/c1-34-17-13-12-14-18-35(2)46(71-9)29-42-22-20-40(7)58(70,77-42)53(66)54(67)60-24-16-15-19-43(60)55(68)75-47(30-44(62)36(3)26-39(6)51(65)52(73-11)50(64)38(5)25-34)37(4)27-41-21-23-45(48(28-41)72-10)76-56(69)57(8,32-61)33-74-49(63)31-59/h12-14,17-18,26,34,36-38,40-43,45-48,51-52,61,65,70H,15-16,19-25,27-33H2,1-11H3/b14-12+,17-13-,35-18+,39-26+/t34-,36-,37-,38-,40-,41+,42+,43+,45-,46+,47+,48-,51-,52+,57?,58-/m1/s1. The molecule has 3 fully saturated rings. The monoisotopic (exact) mass is 1200 g/mol. The van der Waals surface area contributed by atoms with Crippen LogP contribution in [-0.4, -0.2) is 161 Å². The van der Waals surface area contributed by atoms with E-state index in [1.165, 1.54) is 21.1 Å². The van der Waals surface area contributed by atoms with Gasteiger partial charge in [-0.1, -0.05) is 93.7 Å². The number of aliphatic hydroxyl groups excluding tert-OH is 2. The molecule has 434 valence electrons. The Morgan fingerprint density at radius 1 is 0.896 bits per heavy atom. The van der Waals surface area contributed by atoms with Crippen molar-refractivity contribution in [1.29, 1.82) is 0 Å². The first-order valence-electron chi connectivity index (χ1n) is 27.4. The van der Waals surface area contributed by atoms with E-state index in [9.17, 15) is 48.9 Å². The van der Waals surface area contributed by atoms with E-state index in [4.69, 9.17) is 33.2 Å². The van der Waals surface area contributed by atoms with E-state index in [0.717, 1.165) is 10.5 Å². The molecule has 2 saturated heterocycles. The summed E-state index contributed by atoms with van der Waals surface area (Å²) in [4.78, 5) is 98.0. The molecular weight excluding hydrogens is 1110 g/mol. The molecule has 1 aliphatic carbocycles. The van der Waals surface area contributed by atoms with Crippen molar-refractivity contribution in [1.82, 2.24) is 4.90 Å². The van der Waals surface area contributed by atoms with Gasteiger partial charge in [-0.2, -0.15) is 0 Å². The average molecular weight is 1200 g/mol. The molecule has 1 saturated carbocycles. The summed E-state index contributed by atoms with van der Waals surface area (Å²) in [5, 5.41) is 33.7. The predicted molar refractivity (Wildman–Crippen MR) is 294 cm³/mol. The van der Waals surface area contributed by atoms with Crippen LogP contribution in [0.2, 0.25) is 0 Å². The predicted octanol–water partition coefficient (Wildman–Crippen LogP) is 6.71. The van der Waals surface area contributed by atoms with Crippen molar-refractivity contribution >= 4 is 63.8 Å². The van der Waals surface area contributed by atoms with Gasteiger partial charge in [0.15, 0.2) is 5.78 Å². The second-order valence-corrected chi connectivity index (χ2v) is 23.2. The van der Waals surface area contributed by atoms with Crippen molar-refractivity contribution < 1.29 is 82.0 Å². The molecule has 19 heteroatoms. The fraction of sp³-hybridized carbons (Fsp3) is 0.741. The molecule has 3 N–H and O–H groups in total. The van der Waals surface area contributed by atoms with E-state index in [-0.39, 0.29) is 60.2 Å². The summed E-state index contributed by atoms with van der Waals surface area (Å²) in [5.74, 6) is -10.0. The van der Waals surface area contributed by atoms with Crippen molar-refractivity contribution in [3.05, 3.63) is 47.6 Å². The number of nitrogens with zero attached hydrogens (tertiary/aromatic N) is 1. The molecule has 16 atom stereocenters. The number of ether oxygens (including phenoxy) is 7. The van der Waals surface area contributed by atoms with E-state index in [1.54, 1.807) is 40.9 Å². The third-order valence-corrected chi connectivity index (χ3v) is 16.8. The zero-order chi connectivity index (χ0) is 57.4. The molecular formula is C58H88INO17. The van der Waals surface area contributed by atoms with Gasteiger partial charge in [-0.15, -0.1) is 0 Å². The molecule has 77 heavy (non-hydrogen) atoms. The lowest BCUT2D eigenvalue weighted by Crippen LogP contribution is -2.61. The van der Waals surface area contributed by atoms with Crippen LogP contribution in [0, 0.1) is 40.9 Å².